The van der Waals surface area contributed by atoms with Crippen LogP contribution in [0.5, 0.6) is 0 Å². The lowest BCUT2D eigenvalue weighted by Gasteiger charge is -2.26. The second kappa shape index (κ2) is 6.57. The third kappa shape index (κ3) is 2.90. The molecular weight excluding hydrogens is 370 g/mol. The van der Waals surface area contributed by atoms with Crippen molar-refractivity contribution in [1.29, 1.82) is 0 Å². The molecule has 4 nitrogen and oxygen atoms in total. The molecule has 0 spiro atoms. The van der Waals surface area contributed by atoms with Gasteiger partial charge in [-0.3, -0.25) is 4.79 Å². The normalized spacial score (nSPS) is 21.3. The molecule has 2 N–H and O–H groups in total. The Balaban J connectivity index is 1.43. The molecule has 0 bridgehead atoms. The summed E-state index contributed by atoms with van der Waals surface area (Å²) in [5.41, 5.74) is 3.45. The standard InChI is InChI=1S/C23H20ClN3O/c24-18-11-9-16(10-12-18)21-25-20(19-8-4-5-15-27(19)21)22(28)26-23(13-14-23)17-6-2-1-3-7-17/h1-12,15,21,25H,13-14H2,(H,26,28). The molecule has 1 saturated carbocycles. The van der Waals surface area contributed by atoms with Crippen molar-refractivity contribution in [2.75, 3.05) is 0 Å². The topological polar surface area (TPSA) is 44.4 Å². The average molecular weight is 390 g/mol. The lowest BCUT2D eigenvalue weighted by Crippen LogP contribution is -2.38. The number of hydrogen-bond acceptors (Lipinski definition) is 3. The zero-order chi connectivity index (χ0) is 19.1. The van der Waals surface area contributed by atoms with E-state index in [1.807, 2.05) is 66.9 Å². The number of rotatable bonds is 4. The van der Waals surface area contributed by atoms with E-state index in [2.05, 4.69) is 27.7 Å². The molecule has 0 radical (unpaired) electrons. The fourth-order valence-electron chi connectivity index (χ4n) is 3.89. The number of fused-ring (bicyclic) bond motifs is 1. The highest BCUT2D eigenvalue weighted by Crippen LogP contribution is 2.46. The van der Waals surface area contributed by atoms with E-state index in [-0.39, 0.29) is 17.6 Å². The highest BCUT2D eigenvalue weighted by atomic mass is 35.5. The number of benzene rings is 2. The third-order valence-electron chi connectivity index (χ3n) is 5.55. The molecule has 5 heteroatoms. The molecule has 28 heavy (non-hydrogen) atoms. The molecule has 1 amide bonds. The van der Waals surface area contributed by atoms with E-state index in [4.69, 9.17) is 11.6 Å². The van der Waals surface area contributed by atoms with Gasteiger partial charge in [0.2, 0.25) is 0 Å². The number of hydrogen-bond donors (Lipinski definition) is 2. The highest BCUT2D eigenvalue weighted by Gasteiger charge is 2.47. The van der Waals surface area contributed by atoms with Gasteiger partial charge in [-0.05, 0) is 48.3 Å². The Kier molecular flexibility index (Phi) is 4.02. The Labute approximate surface area is 169 Å². The van der Waals surface area contributed by atoms with Gasteiger partial charge in [0.15, 0.2) is 0 Å². The van der Waals surface area contributed by atoms with E-state index in [9.17, 15) is 4.79 Å². The van der Waals surface area contributed by atoms with Crippen molar-refractivity contribution in [2.45, 2.75) is 24.5 Å². The van der Waals surface area contributed by atoms with Crippen LogP contribution in [0.1, 0.15) is 30.1 Å². The van der Waals surface area contributed by atoms with E-state index in [0.29, 0.717) is 10.7 Å². The summed E-state index contributed by atoms with van der Waals surface area (Å²) in [4.78, 5) is 15.3. The summed E-state index contributed by atoms with van der Waals surface area (Å²) in [7, 11) is 0. The van der Waals surface area contributed by atoms with Crippen molar-refractivity contribution >= 4 is 17.5 Å². The Bertz CT molecular complexity index is 1000. The molecule has 2 aliphatic heterocycles. The summed E-state index contributed by atoms with van der Waals surface area (Å²) < 4.78 is 0. The van der Waals surface area contributed by atoms with Gasteiger partial charge >= 0.3 is 0 Å². The van der Waals surface area contributed by atoms with Gasteiger partial charge < -0.3 is 15.5 Å². The van der Waals surface area contributed by atoms with Gasteiger partial charge in [0.1, 0.15) is 11.9 Å². The zero-order valence-corrected chi connectivity index (χ0v) is 16.0. The van der Waals surface area contributed by atoms with E-state index in [1.54, 1.807) is 0 Å². The monoisotopic (exact) mass is 389 g/mol. The lowest BCUT2D eigenvalue weighted by molar-refractivity contribution is -0.118. The van der Waals surface area contributed by atoms with Gasteiger partial charge in [-0.25, -0.2) is 0 Å². The molecule has 140 valence electrons. The zero-order valence-electron chi connectivity index (χ0n) is 15.2. The predicted octanol–water partition coefficient (Wildman–Crippen LogP) is 4.34. The van der Waals surface area contributed by atoms with Crippen LogP contribution in [0.4, 0.5) is 0 Å². The predicted molar refractivity (Wildman–Crippen MR) is 110 cm³/mol. The molecule has 1 aliphatic carbocycles. The van der Waals surface area contributed by atoms with Crippen LogP contribution in [0.25, 0.3) is 0 Å². The smallest absolute Gasteiger partial charge is 0.270 e. The van der Waals surface area contributed by atoms with Gasteiger partial charge in [-0.1, -0.05) is 60.1 Å². The SMILES string of the molecule is O=C(NC1(c2ccccc2)CC1)C1=C2C=CC=CN2C(c2ccc(Cl)cc2)N1. The summed E-state index contributed by atoms with van der Waals surface area (Å²) in [6, 6.07) is 17.9. The van der Waals surface area contributed by atoms with E-state index in [1.165, 1.54) is 0 Å². The molecule has 0 aromatic heterocycles. The van der Waals surface area contributed by atoms with Crippen LogP contribution in [0.2, 0.25) is 5.02 Å². The maximum absolute atomic E-state index is 13.2. The first-order chi connectivity index (χ1) is 13.7. The van der Waals surface area contributed by atoms with Crippen molar-refractivity contribution < 1.29 is 4.79 Å². The van der Waals surface area contributed by atoms with E-state index >= 15 is 0 Å². The maximum Gasteiger partial charge on any atom is 0.270 e. The minimum Gasteiger partial charge on any atom is -0.355 e. The number of nitrogens with one attached hydrogen (secondary N) is 2. The average Bonchev–Trinajstić information content (AvgIpc) is 3.41. The van der Waals surface area contributed by atoms with Crippen LogP contribution < -0.4 is 10.6 Å². The summed E-state index contributed by atoms with van der Waals surface area (Å²) in [5.74, 6) is -0.0715. The molecule has 5 rings (SSSR count). The molecule has 1 atom stereocenters. The lowest BCUT2D eigenvalue weighted by atomic mass is 10.0. The number of nitrogens with zero attached hydrogens (tertiary/aromatic N) is 1. The van der Waals surface area contributed by atoms with Gasteiger partial charge in [-0.15, -0.1) is 0 Å². The Morgan fingerprint density at radius 3 is 2.54 bits per heavy atom. The first-order valence-electron chi connectivity index (χ1n) is 9.44. The van der Waals surface area contributed by atoms with Crippen LogP contribution in [0.15, 0.2) is 90.4 Å². The van der Waals surface area contributed by atoms with Crippen LogP contribution in [0.3, 0.4) is 0 Å². The van der Waals surface area contributed by atoms with Gasteiger partial charge in [0.05, 0.1) is 11.2 Å². The highest BCUT2D eigenvalue weighted by molar-refractivity contribution is 6.30. The summed E-state index contributed by atoms with van der Waals surface area (Å²) >= 11 is 6.04. The molecule has 3 aliphatic rings. The Morgan fingerprint density at radius 2 is 1.82 bits per heavy atom. The number of allylic oxidation sites excluding steroid dienone is 3. The fourth-order valence-corrected chi connectivity index (χ4v) is 4.02. The molecule has 2 aromatic rings. The van der Waals surface area contributed by atoms with Crippen LogP contribution in [-0.4, -0.2) is 10.8 Å². The van der Waals surface area contributed by atoms with Gasteiger partial charge in [-0.2, -0.15) is 0 Å². The quantitative estimate of drug-likeness (QED) is 0.817. The Hall–Kier alpha value is -2.98. The second-order valence-electron chi connectivity index (χ2n) is 7.37. The summed E-state index contributed by atoms with van der Waals surface area (Å²) in [5, 5.41) is 7.39. The van der Waals surface area contributed by atoms with Crippen LogP contribution in [0, 0.1) is 0 Å². The third-order valence-corrected chi connectivity index (χ3v) is 5.80. The van der Waals surface area contributed by atoms with Gasteiger partial charge in [0.25, 0.3) is 5.91 Å². The number of carbonyl (C=O) groups excluding carboxylic acids is 1. The van der Waals surface area contributed by atoms with Crippen molar-refractivity contribution in [1.82, 2.24) is 15.5 Å². The first kappa shape index (κ1) is 17.1. The first-order valence-corrected chi connectivity index (χ1v) is 9.82. The molecule has 2 heterocycles. The van der Waals surface area contributed by atoms with Crippen LogP contribution >= 0.6 is 11.6 Å². The minimum absolute atomic E-state index is 0.0715. The Morgan fingerprint density at radius 1 is 1.07 bits per heavy atom. The maximum atomic E-state index is 13.2. The number of amides is 1. The molecule has 0 saturated heterocycles. The van der Waals surface area contributed by atoms with E-state index < -0.39 is 0 Å². The van der Waals surface area contributed by atoms with Crippen molar-refractivity contribution in [3.05, 3.63) is 107 Å². The van der Waals surface area contributed by atoms with Crippen molar-refractivity contribution in [3.63, 3.8) is 0 Å². The summed E-state index contributed by atoms with van der Waals surface area (Å²) in [6.45, 7) is 0. The summed E-state index contributed by atoms with van der Waals surface area (Å²) in [6.07, 6.45) is 9.68. The molecule has 2 aromatic carbocycles. The van der Waals surface area contributed by atoms with Crippen molar-refractivity contribution in [3.8, 4) is 0 Å². The van der Waals surface area contributed by atoms with E-state index in [0.717, 1.165) is 29.7 Å². The molecule has 1 fully saturated rings. The number of halogens is 1. The minimum atomic E-state index is -0.245. The van der Waals surface area contributed by atoms with Crippen molar-refractivity contribution in [2.24, 2.45) is 0 Å². The second-order valence-corrected chi connectivity index (χ2v) is 7.81. The van der Waals surface area contributed by atoms with Gasteiger partial charge in [0, 0.05) is 11.2 Å². The van der Waals surface area contributed by atoms with Crippen LogP contribution in [-0.2, 0) is 10.3 Å². The fraction of sp³-hybridized carbons (Fsp3) is 0.174. The largest absolute Gasteiger partial charge is 0.355 e. The number of carbonyl (C=O) groups is 1. The molecular formula is C23H20ClN3O. The molecule has 1 unspecified atom stereocenters.